The summed E-state index contributed by atoms with van der Waals surface area (Å²) in [5.41, 5.74) is 1.31. The molecule has 6 heteroatoms. The number of carboxylic acids is 1. The van der Waals surface area contributed by atoms with Crippen molar-refractivity contribution in [3.63, 3.8) is 0 Å². The summed E-state index contributed by atoms with van der Waals surface area (Å²) >= 11 is 0. The first kappa shape index (κ1) is 13.8. The first-order chi connectivity index (χ1) is 9.47. The standard InChI is InChI=1S/C14H14N2O4/c1-9-7-12(15-20-9)13(17)16(2)8-10-3-5-11(6-4-10)14(18)19/h3-7H,8H2,1-2H3,(H,18,19). The SMILES string of the molecule is Cc1cc(C(=O)N(C)Cc2ccc(C(=O)O)cc2)no1. The third-order valence-corrected chi connectivity index (χ3v) is 2.81. The average Bonchev–Trinajstić information content (AvgIpc) is 2.85. The Balaban J connectivity index is 2.05. The maximum absolute atomic E-state index is 12.0. The van der Waals surface area contributed by atoms with Crippen molar-refractivity contribution in [3.8, 4) is 0 Å². The summed E-state index contributed by atoms with van der Waals surface area (Å²) in [7, 11) is 1.65. The lowest BCUT2D eigenvalue weighted by atomic mass is 10.1. The molecule has 0 spiro atoms. The van der Waals surface area contributed by atoms with Gasteiger partial charge in [-0.2, -0.15) is 0 Å². The van der Waals surface area contributed by atoms with Crippen LogP contribution in [0.4, 0.5) is 0 Å². The molecule has 0 aliphatic rings. The van der Waals surface area contributed by atoms with Crippen LogP contribution in [0.15, 0.2) is 34.9 Å². The lowest BCUT2D eigenvalue weighted by Gasteiger charge is -2.15. The van der Waals surface area contributed by atoms with Crippen LogP contribution in [0.5, 0.6) is 0 Å². The van der Waals surface area contributed by atoms with Gasteiger partial charge in [0.1, 0.15) is 5.76 Å². The van der Waals surface area contributed by atoms with Gasteiger partial charge >= 0.3 is 5.97 Å². The van der Waals surface area contributed by atoms with E-state index in [4.69, 9.17) is 9.63 Å². The van der Waals surface area contributed by atoms with Crippen molar-refractivity contribution < 1.29 is 19.2 Å². The minimum Gasteiger partial charge on any atom is -0.478 e. The summed E-state index contributed by atoms with van der Waals surface area (Å²) in [6, 6.07) is 7.96. The van der Waals surface area contributed by atoms with Gasteiger partial charge < -0.3 is 14.5 Å². The lowest BCUT2D eigenvalue weighted by molar-refractivity contribution is 0.0695. The van der Waals surface area contributed by atoms with Gasteiger partial charge in [-0.1, -0.05) is 17.3 Å². The normalized spacial score (nSPS) is 10.3. The van der Waals surface area contributed by atoms with Crippen molar-refractivity contribution in [2.75, 3.05) is 7.05 Å². The van der Waals surface area contributed by atoms with Gasteiger partial charge in [0.05, 0.1) is 5.56 Å². The van der Waals surface area contributed by atoms with Crippen LogP contribution in [-0.4, -0.2) is 34.1 Å². The van der Waals surface area contributed by atoms with Gasteiger partial charge in [-0.25, -0.2) is 4.79 Å². The van der Waals surface area contributed by atoms with Crippen LogP contribution < -0.4 is 0 Å². The second kappa shape index (κ2) is 5.56. The van der Waals surface area contributed by atoms with Crippen LogP contribution in [-0.2, 0) is 6.54 Å². The summed E-state index contributed by atoms with van der Waals surface area (Å²) < 4.78 is 4.87. The summed E-state index contributed by atoms with van der Waals surface area (Å²) in [6.45, 7) is 2.08. The predicted molar refractivity (Wildman–Crippen MR) is 70.4 cm³/mol. The Kier molecular flexibility index (Phi) is 3.84. The number of nitrogens with zero attached hydrogens (tertiary/aromatic N) is 2. The summed E-state index contributed by atoms with van der Waals surface area (Å²) in [4.78, 5) is 24.3. The van der Waals surface area contributed by atoms with E-state index in [1.807, 2.05) is 0 Å². The Morgan fingerprint density at radius 1 is 1.30 bits per heavy atom. The number of carbonyl (C=O) groups is 2. The highest BCUT2D eigenvalue weighted by Gasteiger charge is 2.16. The highest BCUT2D eigenvalue weighted by Crippen LogP contribution is 2.10. The molecule has 1 aromatic carbocycles. The predicted octanol–water partition coefficient (Wildman–Crippen LogP) is 1.95. The molecule has 1 N–H and O–H groups in total. The van der Waals surface area contributed by atoms with Crippen molar-refractivity contribution in [3.05, 3.63) is 52.9 Å². The van der Waals surface area contributed by atoms with Gasteiger partial charge in [0.15, 0.2) is 5.69 Å². The quantitative estimate of drug-likeness (QED) is 0.921. The molecule has 0 atom stereocenters. The van der Waals surface area contributed by atoms with Gasteiger partial charge in [-0.15, -0.1) is 0 Å². The number of rotatable bonds is 4. The van der Waals surface area contributed by atoms with Crippen molar-refractivity contribution in [2.45, 2.75) is 13.5 Å². The van der Waals surface area contributed by atoms with Gasteiger partial charge in [-0.05, 0) is 24.6 Å². The van der Waals surface area contributed by atoms with Crippen LogP contribution in [0.3, 0.4) is 0 Å². The van der Waals surface area contributed by atoms with E-state index < -0.39 is 5.97 Å². The Bertz CT molecular complexity index is 631. The number of hydrogen-bond donors (Lipinski definition) is 1. The molecule has 0 unspecified atom stereocenters. The van der Waals surface area contributed by atoms with Gasteiger partial charge in [0, 0.05) is 19.7 Å². The highest BCUT2D eigenvalue weighted by atomic mass is 16.5. The Labute approximate surface area is 115 Å². The van der Waals surface area contributed by atoms with E-state index in [0.29, 0.717) is 12.3 Å². The molecule has 1 heterocycles. The van der Waals surface area contributed by atoms with Gasteiger partial charge in [0.25, 0.3) is 5.91 Å². The molecule has 1 aromatic heterocycles. The number of hydrogen-bond acceptors (Lipinski definition) is 4. The van der Waals surface area contributed by atoms with E-state index in [-0.39, 0.29) is 17.2 Å². The second-order valence-electron chi connectivity index (χ2n) is 4.49. The average molecular weight is 274 g/mol. The molecule has 0 aliphatic heterocycles. The maximum Gasteiger partial charge on any atom is 0.335 e. The van der Waals surface area contributed by atoms with E-state index in [2.05, 4.69) is 5.16 Å². The van der Waals surface area contributed by atoms with E-state index >= 15 is 0 Å². The minimum absolute atomic E-state index is 0.217. The number of benzene rings is 1. The number of amides is 1. The third kappa shape index (κ3) is 3.03. The van der Waals surface area contributed by atoms with E-state index in [9.17, 15) is 9.59 Å². The topological polar surface area (TPSA) is 83.6 Å². The largest absolute Gasteiger partial charge is 0.478 e. The number of carbonyl (C=O) groups excluding carboxylic acids is 1. The fourth-order valence-electron chi connectivity index (χ4n) is 1.76. The molecule has 0 radical (unpaired) electrons. The maximum atomic E-state index is 12.0. The minimum atomic E-state index is -0.973. The Morgan fingerprint density at radius 3 is 2.45 bits per heavy atom. The zero-order valence-corrected chi connectivity index (χ0v) is 11.2. The molecular weight excluding hydrogens is 260 g/mol. The number of aromatic nitrogens is 1. The van der Waals surface area contributed by atoms with Crippen LogP contribution in [0.25, 0.3) is 0 Å². The third-order valence-electron chi connectivity index (χ3n) is 2.81. The Morgan fingerprint density at radius 2 is 1.95 bits per heavy atom. The molecule has 0 saturated heterocycles. The molecule has 20 heavy (non-hydrogen) atoms. The first-order valence-electron chi connectivity index (χ1n) is 5.98. The second-order valence-corrected chi connectivity index (χ2v) is 4.49. The van der Waals surface area contributed by atoms with E-state index in [1.165, 1.54) is 17.0 Å². The van der Waals surface area contributed by atoms with Crippen molar-refractivity contribution >= 4 is 11.9 Å². The monoisotopic (exact) mass is 274 g/mol. The van der Waals surface area contributed by atoms with Gasteiger partial charge in [-0.3, -0.25) is 4.79 Å². The summed E-state index contributed by atoms with van der Waals surface area (Å²) in [6.07, 6.45) is 0. The lowest BCUT2D eigenvalue weighted by Crippen LogP contribution is -2.26. The van der Waals surface area contributed by atoms with Gasteiger partial charge in [0.2, 0.25) is 0 Å². The zero-order chi connectivity index (χ0) is 14.7. The summed E-state index contributed by atoms with van der Waals surface area (Å²) in [5, 5.41) is 12.5. The molecule has 0 fully saturated rings. The molecule has 104 valence electrons. The van der Waals surface area contributed by atoms with Crippen LogP contribution in [0, 0.1) is 6.92 Å². The highest BCUT2D eigenvalue weighted by molar-refractivity contribution is 5.92. The summed E-state index contributed by atoms with van der Waals surface area (Å²) in [5.74, 6) is -0.643. The number of aromatic carboxylic acids is 1. The smallest absolute Gasteiger partial charge is 0.335 e. The van der Waals surface area contributed by atoms with E-state index in [1.54, 1.807) is 32.2 Å². The van der Waals surface area contributed by atoms with Crippen LogP contribution >= 0.6 is 0 Å². The van der Waals surface area contributed by atoms with E-state index in [0.717, 1.165) is 5.56 Å². The fourth-order valence-corrected chi connectivity index (χ4v) is 1.76. The first-order valence-corrected chi connectivity index (χ1v) is 5.98. The molecular formula is C14H14N2O4. The number of carboxylic acid groups (broad SMARTS) is 1. The van der Waals surface area contributed by atoms with Crippen molar-refractivity contribution in [2.24, 2.45) is 0 Å². The molecule has 1 amide bonds. The molecule has 2 aromatic rings. The fraction of sp³-hybridized carbons (Fsp3) is 0.214. The molecule has 0 saturated carbocycles. The zero-order valence-electron chi connectivity index (χ0n) is 11.2. The van der Waals surface area contributed by atoms with Crippen molar-refractivity contribution in [1.29, 1.82) is 0 Å². The molecule has 6 nitrogen and oxygen atoms in total. The van der Waals surface area contributed by atoms with Crippen molar-refractivity contribution in [1.82, 2.24) is 10.1 Å². The molecule has 0 aliphatic carbocycles. The molecule has 2 rings (SSSR count). The van der Waals surface area contributed by atoms with Crippen LogP contribution in [0.1, 0.15) is 32.2 Å². The number of aryl methyl sites for hydroxylation is 1. The Hall–Kier alpha value is -2.63. The molecule has 0 bridgehead atoms. The van der Waals surface area contributed by atoms with Crippen LogP contribution in [0.2, 0.25) is 0 Å².